The third-order valence-corrected chi connectivity index (χ3v) is 1.22. The Kier molecular flexibility index (Phi) is 22.4. The fourth-order valence-electron chi connectivity index (χ4n) is 0.859. The molecular weight excluding hydrogens is 383 g/mol. The number of carbonyl (C=O) groups is 3. The molecule has 0 fully saturated rings. The normalized spacial score (nSPS) is 10.9. The van der Waals surface area contributed by atoms with Crippen LogP contribution in [0.5, 0.6) is 0 Å². The molecule has 0 N–H and O–H groups in total. The van der Waals surface area contributed by atoms with Gasteiger partial charge in [0.15, 0.2) is 17.3 Å². The van der Waals surface area contributed by atoms with Gasteiger partial charge in [0.2, 0.25) is 0 Å². The van der Waals surface area contributed by atoms with Crippen molar-refractivity contribution in [3.63, 3.8) is 0 Å². The largest absolute Gasteiger partial charge is 0.876 e. The number of ketones is 3. The van der Waals surface area contributed by atoms with Crippen molar-refractivity contribution >= 4 is 17.3 Å². The van der Waals surface area contributed by atoms with E-state index in [2.05, 4.69) is 0 Å². The van der Waals surface area contributed by atoms with E-state index in [1.54, 1.807) is 0 Å². The van der Waals surface area contributed by atoms with Crippen molar-refractivity contribution < 1.29 is 50.1 Å². The van der Waals surface area contributed by atoms with Gasteiger partial charge < -0.3 is 15.3 Å². The van der Waals surface area contributed by atoms with Crippen LogP contribution in [0.1, 0.15) is 41.5 Å². The standard InChI is InChI=1S/3C5H8O2.Pd/c3*1-4(6)3-5(2)7;/h3*3,6H,1-2H3;/p-3/b3*4-3-;. The average molecular weight is 404 g/mol. The molecule has 0 radical (unpaired) electrons. The van der Waals surface area contributed by atoms with Gasteiger partial charge in [-0.1, -0.05) is 20.8 Å². The van der Waals surface area contributed by atoms with E-state index < -0.39 is 0 Å². The smallest absolute Gasteiger partial charge is 0.151 e. The molecule has 0 atom stereocenters. The second-order valence-electron chi connectivity index (χ2n) is 4.10. The molecule has 0 unspecified atom stereocenters. The zero-order valence-electron chi connectivity index (χ0n) is 13.5. The maximum atomic E-state index is 9.98. The van der Waals surface area contributed by atoms with E-state index in [4.69, 9.17) is 0 Å². The Hall–Kier alpha value is -1.71. The van der Waals surface area contributed by atoms with Crippen LogP contribution in [0.25, 0.3) is 0 Å². The zero-order chi connectivity index (χ0) is 17.6. The SMILES string of the molecule is CC(=O)/C=C(/C)[O-].CC(=O)/C=C(/C)[O-].CC(=O)/C=C(/C)[O-].[Pd]. The summed E-state index contributed by atoms with van der Waals surface area (Å²) in [6.45, 7) is 8.09. The van der Waals surface area contributed by atoms with Gasteiger partial charge in [-0.3, -0.25) is 14.4 Å². The third kappa shape index (κ3) is 51.6. The maximum Gasteiger partial charge on any atom is 0.151 e. The maximum absolute atomic E-state index is 9.98. The minimum atomic E-state index is -0.187. The molecule has 0 aromatic heterocycles. The number of hydrogen-bond acceptors (Lipinski definition) is 6. The summed E-state index contributed by atoms with van der Waals surface area (Å²) in [7, 11) is 0. The molecule has 0 saturated carbocycles. The van der Waals surface area contributed by atoms with Crippen LogP contribution >= 0.6 is 0 Å². The molecule has 0 aromatic rings. The molecule has 0 heterocycles. The Morgan fingerprint density at radius 3 is 0.682 bits per heavy atom. The molecule has 0 saturated heterocycles. The van der Waals surface area contributed by atoms with Gasteiger partial charge in [-0.05, 0) is 39.0 Å². The van der Waals surface area contributed by atoms with Crippen molar-refractivity contribution in [2.75, 3.05) is 0 Å². The minimum absolute atomic E-state index is 0. The molecule has 0 rings (SSSR count). The quantitative estimate of drug-likeness (QED) is 0.356. The fraction of sp³-hybridized carbons (Fsp3) is 0.400. The number of carbonyl (C=O) groups excluding carboxylic acids is 3. The first-order valence-corrected chi connectivity index (χ1v) is 5.96. The Morgan fingerprint density at radius 1 is 0.545 bits per heavy atom. The van der Waals surface area contributed by atoms with Gasteiger partial charge in [-0.25, -0.2) is 0 Å². The molecule has 0 aromatic carbocycles. The summed E-state index contributed by atoms with van der Waals surface area (Å²) in [6.07, 6.45) is 3.17. The van der Waals surface area contributed by atoms with Crippen molar-refractivity contribution in [2.45, 2.75) is 41.5 Å². The number of allylic oxidation sites excluding steroid dienone is 6. The molecule has 0 aliphatic carbocycles. The summed E-state index contributed by atoms with van der Waals surface area (Å²) in [5, 5.41) is 29.9. The van der Waals surface area contributed by atoms with Crippen LogP contribution in [0.2, 0.25) is 0 Å². The van der Waals surface area contributed by atoms with Crippen molar-refractivity contribution in [1.29, 1.82) is 0 Å². The van der Waals surface area contributed by atoms with E-state index in [0.29, 0.717) is 0 Å². The van der Waals surface area contributed by atoms with Crippen molar-refractivity contribution in [2.24, 2.45) is 0 Å². The van der Waals surface area contributed by atoms with Crippen LogP contribution in [-0.2, 0) is 34.8 Å². The summed E-state index contributed by atoms with van der Waals surface area (Å²) in [6, 6.07) is 0. The summed E-state index contributed by atoms with van der Waals surface area (Å²) in [5.41, 5.74) is 0. The molecule has 6 nitrogen and oxygen atoms in total. The molecule has 0 amide bonds. The van der Waals surface area contributed by atoms with Gasteiger partial charge in [0, 0.05) is 20.4 Å². The first-order valence-electron chi connectivity index (χ1n) is 5.96. The topological polar surface area (TPSA) is 120 Å². The van der Waals surface area contributed by atoms with E-state index in [0.717, 1.165) is 18.2 Å². The van der Waals surface area contributed by atoms with Crippen molar-refractivity contribution in [3.8, 4) is 0 Å². The zero-order valence-corrected chi connectivity index (χ0v) is 15.1. The van der Waals surface area contributed by atoms with Gasteiger partial charge in [0.1, 0.15) is 0 Å². The first-order chi connectivity index (χ1) is 9.38. The van der Waals surface area contributed by atoms with Crippen LogP contribution in [0.15, 0.2) is 35.5 Å². The summed E-state index contributed by atoms with van der Waals surface area (Å²) in [4.78, 5) is 29.9. The molecule has 0 aliphatic rings. The van der Waals surface area contributed by atoms with Crippen LogP contribution in [-0.4, -0.2) is 17.3 Å². The number of rotatable bonds is 3. The van der Waals surface area contributed by atoms with Crippen LogP contribution in [0, 0.1) is 0 Å². The van der Waals surface area contributed by atoms with E-state index in [9.17, 15) is 29.7 Å². The Balaban J connectivity index is -0.000000108. The molecular formula is C15H21O6Pd-3. The van der Waals surface area contributed by atoms with Crippen molar-refractivity contribution in [1.82, 2.24) is 0 Å². The second-order valence-corrected chi connectivity index (χ2v) is 4.10. The second kappa shape index (κ2) is 17.3. The molecule has 130 valence electrons. The monoisotopic (exact) mass is 403 g/mol. The fourth-order valence-corrected chi connectivity index (χ4v) is 0.859. The predicted octanol–water partition coefficient (Wildman–Crippen LogP) is -0.484. The molecule has 7 heteroatoms. The summed E-state index contributed by atoms with van der Waals surface area (Å²) >= 11 is 0. The van der Waals surface area contributed by atoms with Crippen LogP contribution in [0.4, 0.5) is 0 Å². The van der Waals surface area contributed by atoms with Gasteiger partial charge in [-0.15, -0.1) is 17.3 Å². The number of hydrogen-bond donors (Lipinski definition) is 0. The Labute approximate surface area is 144 Å². The predicted molar refractivity (Wildman–Crippen MR) is 73.3 cm³/mol. The molecule has 0 aliphatic heterocycles. The van der Waals surface area contributed by atoms with Crippen LogP contribution in [0.3, 0.4) is 0 Å². The van der Waals surface area contributed by atoms with Crippen molar-refractivity contribution in [3.05, 3.63) is 35.5 Å². The van der Waals surface area contributed by atoms with E-state index >= 15 is 0 Å². The molecule has 22 heavy (non-hydrogen) atoms. The van der Waals surface area contributed by atoms with Gasteiger partial charge >= 0.3 is 0 Å². The third-order valence-electron chi connectivity index (χ3n) is 1.22. The minimum Gasteiger partial charge on any atom is -0.876 e. The molecule has 0 bridgehead atoms. The Bertz CT molecular complexity index is 368. The van der Waals surface area contributed by atoms with Gasteiger partial charge in [0.25, 0.3) is 0 Å². The van der Waals surface area contributed by atoms with E-state index in [-0.39, 0.29) is 55.1 Å². The summed E-state index contributed by atoms with van der Waals surface area (Å²) in [5.74, 6) is -1.12. The van der Waals surface area contributed by atoms with Gasteiger partial charge in [-0.2, -0.15) is 0 Å². The van der Waals surface area contributed by atoms with Crippen LogP contribution < -0.4 is 15.3 Å². The molecule has 0 spiro atoms. The van der Waals surface area contributed by atoms with Gasteiger partial charge in [0.05, 0.1) is 0 Å². The van der Waals surface area contributed by atoms with E-state index in [1.165, 1.54) is 41.5 Å². The average Bonchev–Trinajstić information content (AvgIpc) is 2.10. The van der Waals surface area contributed by atoms with E-state index in [1.807, 2.05) is 0 Å². The Morgan fingerprint density at radius 2 is 0.682 bits per heavy atom. The summed E-state index contributed by atoms with van der Waals surface area (Å²) < 4.78 is 0. The first kappa shape index (κ1) is 28.5.